The number of hydrogen-bond donors (Lipinski definition) is 0. The molecule has 0 bridgehead atoms. The topological polar surface area (TPSA) is 63.7 Å². The molecule has 0 aromatic heterocycles. The van der Waals surface area contributed by atoms with Gasteiger partial charge in [0.1, 0.15) is 12.3 Å². The zero-order valence-electron chi connectivity index (χ0n) is 9.41. The van der Waals surface area contributed by atoms with Crippen molar-refractivity contribution in [3.63, 3.8) is 0 Å². The largest absolute Gasteiger partial charge is 0.464 e. The summed E-state index contributed by atoms with van der Waals surface area (Å²) in [6, 6.07) is 0. The SMILES string of the molecule is CC(=O)CCCOC(=O)CN(C)C(C)=O. The van der Waals surface area contributed by atoms with E-state index in [9.17, 15) is 14.4 Å². The van der Waals surface area contributed by atoms with Gasteiger partial charge in [0.2, 0.25) is 5.91 Å². The van der Waals surface area contributed by atoms with E-state index in [1.807, 2.05) is 0 Å². The van der Waals surface area contributed by atoms with E-state index in [1.165, 1.54) is 25.8 Å². The lowest BCUT2D eigenvalue weighted by Gasteiger charge is -2.13. The second kappa shape index (κ2) is 6.98. The van der Waals surface area contributed by atoms with Gasteiger partial charge in [-0.05, 0) is 13.3 Å². The maximum Gasteiger partial charge on any atom is 0.325 e. The van der Waals surface area contributed by atoms with E-state index in [1.54, 1.807) is 0 Å². The van der Waals surface area contributed by atoms with Crippen LogP contribution < -0.4 is 0 Å². The van der Waals surface area contributed by atoms with Gasteiger partial charge in [-0.15, -0.1) is 0 Å². The third-order valence-electron chi connectivity index (χ3n) is 1.84. The molecule has 0 spiro atoms. The predicted molar refractivity (Wildman–Crippen MR) is 54.2 cm³/mol. The van der Waals surface area contributed by atoms with Gasteiger partial charge in [0.15, 0.2) is 0 Å². The number of esters is 1. The highest BCUT2D eigenvalue weighted by atomic mass is 16.5. The molecule has 0 aliphatic carbocycles. The van der Waals surface area contributed by atoms with Gasteiger partial charge < -0.3 is 14.4 Å². The molecule has 1 amide bonds. The van der Waals surface area contributed by atoms with E-state index in [0.717, 1.165) is 0 Å². The van der Waals surface area contributed by atoms with E-state index < -0.39 is 5.97 Å². The first-order chi connectivity index (χ1) is 6.93. The van der Waals surface area contributed by atoms with E-state index in [4.69, 9.17) is 4.74 Å². The summed E-state index contributed by atoms with van der Waals surface area (Å²) in [5, 5.41) is 0. The normalized spacial score (nSPS) is 9.53. The smallest absolute Gasteiger partial charge is 0.325 e. The fourth-order valence-corrected chi connectivity index (χ4v) is 0.858. The molecule has 0 heterocycles. The maximum absolute atomic E-state index is 11.1. The van der Waals surface area contributed by atoms with Crippen LogP contribution in [0.2, 0.25) is 0 Å². The minimum absolute atomic E-state index is 0.0462. The maximum atomic E-state index is 11.1. The number of Topliss-reactive ketones (excluding diaryl/α,β-unsaturated/α-hetero) is 1. The van der Waals surface area contributed by atoms with Crippen LogP contribution in [0.25, 0.3) is 0 Å². The van der Waals surface area contributed by atoms with Crippen molar-refractivity contribution >= 4 is 17.7 Å². The molecular weight excluding hydrogens is 198 g/mol. The molecule has 0 fully saturated rings. The van der Waals surface area contributed by atoms with Crippen molar-refractivity contribution in [1.82, 2.24) is 4.90 Å². The van der Waals surface area contributed by atoms with Crippen molar-refractivity contribution in [1.29, 1.82) is 0 Å². The second-order valence-corrected chi connectivity index (χ2v) is 3.40. The summed E-state index contributed by atoms with van der Waals surface area (Å²) in [5.74, 6) is -0.557. The monoisotopic (exact) mass is 215 g/mol. The highest BCUT2D eigenvalue weighted by Crippen LogP contribution is 1.93. The fourth-order valence-electron chi connectivity index (χ4n) is 0.858. The Morgan fingerprint density at radius 3 is 2.27 bits per heavy atom. The minimum atomic E-state index is -0.448. The molecule has 0 aliphatic rings. The summed E-state index contributed by atoms with van der Waals surface area (Å²) >= 11 is 0. The highest BCUT2D eigenvalue weighted by Gasteiger charge is 2.09. The van der Waals surface area contributed by atoms with Crippen LogP contribution in [0.5, 0.6) is 0 Å². The molecule has 86 valence electrons. The Kier molecular flexibility index (Phi) is 6.33. The Balaban J connectivity index is 3.58. The first-order valence-corrected chi connectivity index (χ1v) is 4.80. The molecule has 0 aromatic rings. The van der Waals surface area contributed by atoms with Crippen molar-refractivity contribution in [3.8, 4) is 0 Å². The van der Waals surface area contributed by atoms with Gasteiger partial charge in [-0.2, -0.15) is 0 Å². The lowest BCUT2D eigenvalue weighted by Crippen LogP contribution is -2.31. The second-order valence-electron chi connectivity index (χ2n) is 3.40. The molecule has 0 unspecified atom stereocenters. The quantitative estimate of drug-likeness (QED) is 0.474. The summed E-state index contributed by atoms with van der Waals surface area (Å²) in [7, 11) is 1.53. The summed E-state index contributed by atoms with van der Waals surface area (Å²) in [6.45, 7) is 3.05. The van der Waals surface area contributed by atoms with Gasteiger partial charge >= 0.3 is 5.97 Å². The van der Waals surface area contributed by atoms with Gasteiger partial charge in [-0.25, -0.2) is 0 Å². The van der Waals surface area contributed by atoms with Crippen LogP contribution in [0.3, 0.4) is 0 Å². The molecule has 0 atom stereocenters. The molecule has 5 heteroatoms. The summed E-state index contributed by atoms with van der Waals surface area (Å²) in [6.07, 6.45) is 0.945. The number of carbonyl (C=O) groups excluding carboxylic acids is 3. The fraction of sp³-hybridized carbons (Fsp3) is 0.700. The number of amides is 1. The molecule has 0 N–H and O–H groups in total. The van der Waals surface area contributed by atoms with Crippen LogP contribution >= 0.6 is 0 Å². The number of ether oxygens (including phenoxy) is 1. The van der Waals surface area contributed by atoms with E-state index in [-0.39, 0.29) is 24.8 Å². The first-order valence-electron chi connectivity index (χ1n) is 4.80. The number of nitrogens with zero attached hydrogens (tertiary/aromatic N) is 1. The lowest BCUT2D eigenvalue weighted by atomic mass is 10.2. The zero-order chi connectivity index (χ0) is 11.8. The van der Waals surface area contributed by atoms with Crippen LogP contribution in [0, 0.1) is 0 Å². The lowest BCUT2D eigenvalue weighted by molar-refractivity contribution is -0.148. The first kappa shape index (κ1) is 13.6. The molecule has 0 rings (SSSR count). The Labute approximate surface area is 89.4 Å². The van der Waals surface area contributed by atoms with Crippen molar-refractivity contribution in [2.45, 2.75) is 26.7 Å². The van der Waals surface area contributed by atoms with Gasteiger partial charge in [0.25, 0.3) is 0 Å². The minimum Gasteiger partial charge on any atom is -0.464 e. The van der Waals surface area contributed by atoms with Crippen molar-refractivity contribution < 1.29 is 19.1 Å². The van der Waals surface area contributed by atoms with E-state index >= 15 is 0 Å². The summed E-state index contributed by atoms with van der Waals surface area (Å²) < 4.78 is 4.83. The third-order valence-corrected chi connectivity index (χ3v) is 1.84. The van der Waals surface area contributed by atoms with Crippen LogP contribution in [0.4, 0.5) is 0 Å². The van der Waals surface area contributed by atoms with E-state index in [2.05, 4.69) is 0 Å². The van der Waals surface area contributed by atoms with Gasteiger partial charge in [-0.1, -0.05) is 0 Å². The molecule has 0 aliphatic heterocycles. The molecule has 5 nitrogen and oxygen atoms in total. The van der Waals surface area contributed by atoms with Crippen molar-refractivity contribution in [2.75, 3.05) is 20.2 Å². The number of likely N-dealkylation sites (N-methyl/N-ethyl adjacent to an activating group) is 1. The number of hydrogen-bond acceptors (Lipinski definition) is 4. The Morgan fingerprint density at radius 1 is 1.20 bits per heavy atom. The standard InChI is InChI=1S/C10H17NO4/c1-8(12)5-4-6-15-10(14)7-11(3)9(2)13/h4-7H2,1-3H3. The molecule has 0 saturated carbocycles. The molecular formula is C10H17NO4. The van der Waals surface area contributed by atoms with Gasteiger partial charge in [-0.3, -0.25) is 9.59 Å². The van der Waals surface area contributed by atoms with Crippen LogP contribution in [-0.2, 0) is 19.1 Å². The molecule has 0 aromatic carbocycles. The average molecular weight is 215 g/mol. The molecule has 15 heavy (non-hydrogen) atoms. The Bertz CT molecular complexity index is 250. The molecule has 0 saturated heterocycles. The van der Waals surface area contributed by atoms with Crippen molar-refractivity contribution in [3.05, 3.63) is 0 Å². The Morgan fingerprint density at radius 2 is 1.80 bits per heavy atom. The van der Waals surface area contributed by atoms with E-state index in [0.29, 0.717) is 12.8 Å². The zero-order valence-corrected chi connectivity index (χ0v) is 9.41. The number of carbonyl (C=O) groups is 3. The Hall–Kier alpha value is -1.39. The third kappa shape index (κ3) is 7.66. The number of rotatable bonds is 6. The average Bonchev–Trinajstić information content (AvgIpc) is 2.12. The van der Waals surface area contributed by atoms with Crippen molar-refractivity contribution in [2.24, 2.45) is 0 Å². The van der Waals surface area contributed by atoms with Gasteiger partial charge in [0, 0.05) is 20.4 Å². The van der Waals surface area contributed by atoms with Crippen LogP contribution in [0.1, 0.15) is 26.7 Å². The number of ketones is 1. The van der Waals surface area contributed by atoms with Crippen LogP contribution in [0.15, 0.2) is 0 Å². The molecule has 0 radical (unpaired) electrons. The summed E-state index contributed by atoms with van der Waals surface area (Å²) in [5.41, 5.74) is 0. The summed E-state index contributed by atoms with van der Waals surface area (Å²) in [4.78, 5) is 33.7. The predicted octanol–water partition coefficient (Wildman–Crippen LogP) is 0.377. The van der Waals surface area contributed by atoms with Crippen LogP contribution in [-0.4, -0.2) is 42.8 Å². The van der Waals surface area contributed by atoms with Gasteiger partial charge in [0.05, 0.1) is 6.61 Å². The highest BCUT2D eigenvalue weighted by molar-refractivity contribution is 5.80.